The molecule has 2 N–H and O–H groups in total. The number of aromatic carboxylic acids is 1. The summed E-state index contributed by atoms with van der Waals surface area (Å²) >= 11 is 1.49. The molecule has 0 radical (unpaired) electrons. The van der Waals surface area contributed by atoms with Crippen molar-refractivity contribution in [1.29, 1.82) is 0 Å². The molecular formula is C21H19N3O3S. The lowest BCUT2D eigenvalue weighted by atomic mass is 9.92. The van der Waals surface area contributed by atoms with E-state index >= 15 is 0 Å². The SMILES string of the molecule is COc1cc(-c2csc(C3=NC(C)(C)c4ccccc4N3)n2)ccc1C(=O)O. The quantitative estimate of drug-likeness (QED) is 0.675. The van der Waals surface area contributed by atoms with Crippen LogP contribution in [-0.2, 0) is 5.54 Å². The van der Waals surface area contributed by atoms with Crippen LogP contribution >= 0.6 is 11.3 Å². The molecule has 1 aromatic heterocycles. The molecule has 6 nitrogen and oxygen atoms in total. The van der Waals surface area contributed by atoms with Gasteiger partial charge in [0.15, 0.2) is 10.8 Å². The summed E-state index contributed by atoms with van der Waals surface area (Å²) in [5, 5.41) is 15.3. The van der Waals surface area contributed by atoms with Gasteiger partial charge in [-0.1, -0.05) is 24.3 Å². The average molecular weight is 393 g/mol. The molecule has 4 rings (SSSR count). The number of methoxy groups -OCH3 is 1. The van der Waals surface area contributed by atoms with Crippen LogP contribution in [0.1, 0.15) is 34.8 Å². The first-order valence-electron chi connectivity index (χ1n) is 8.73. The van der Waals surface area contributed by atoms with E-state index < -0.39 is 5.97 Å². The summed E-state index contributed by atoms with van der Waals surface area (Å²) in [6, 6.07) is 13.1. The molecule has 7 heteroatoms. The lowest BCUT2D eigenvalue weighted by Crippen LogP contribution is -2.29. The van der Waals surface area contributed by atoms with E-state index in [1.165, 1.54) is 24.5 Å². The van der Waals surface area contributed by atoms with Crippen molar-refractivity contribution in [2.24, 2.45) is 4.99 Å². The number of nitrogens with one attached hydrogen (secondary N) is 1. The number of para-hydroxylation sites is 1. The molecule has 2 heterocycles. The molecule has 0 saturated carbocycles. The summed E-state index contributed by atoms with van der Waals surface area (Å²) in [4.78, 5) is 20.9. The zero-order valence-electron chi connectivity index (χ0n) is 15.7. The molecule has 28 heavy (non-hydrogen) atoms. The number of hydrogen-bond acceptors (Lipinski definition) is 6. The average Bonchev–Trinajstić information content (AvgIpc) is 3.17. The maximum Gasteiger partial charge on any atom is 0.339 e. The van der Waals surface area contributed by atoms with Crippen LogP contribution in [0.5, 0.6) is 5.75 Å². The van der Waals surface area contributed by atoms with Gasteiger partial charge >= 0.3 is 5.97 Å². The summed E-state index contributed by atoms with van der Waals surface area (Å²) in [6.45, 7) is 4.16. The highest BCUT2D eigenvalue weighted by Gasteiger charge is 2.29. The molecule has 3 aromatic rings. The van der Waals surface area contributed by atoms with Gasteiger partial charge < -0.3 is 15.2 Å². The number of thiazole rings is 1. The zero-order valence-corrected chi connectivity index (χ0v) is 16.5. The monoisotopic (exact) mass is 393 g/mol. The smallest absolute Gasteiger partial charge is 0.339 e. The fraction of sp³-hybridized carbons (Fsp3) is 0.190. The van der Waals surface area contributed by atoms with Gasteiger partial charge in [-0.3, -0.25) is 4.99 Å². The van der Waals surface area contributed by atoms with Crippen LogP contribution in [0, 0.1) is 0 Å². The number of fused-ring (bicyclic) bond motifs is 1. The van der Waals surface area contributed by atoms with E-state index in [1.54, 1.807) is 12.1 Å². The van der Waals surface area contributed by atoms with Gasteiger partial charge in [0.05, 0.1) is 18.3 Å². The molecule has 0 amide bonds. The molecule has 0 aliphatic carbocycles. The van der Waals surface area contributed by atoms with E-state index in [0.29, 0.717) is 5.75 Å². The second kappa shape index (κ2) is 6.76. The third-order valence-corrected chi connectivity index (χ3v) is 5.51. The predicted molar refractivity (Wildman–Crippen MR) is 111 cm³/mol. The lowest BCUT2D eigenvalue weighted by molar-refractivity contribution is 0.0693. The number of nitrogens with zero attached hydrogens (tertiary/aromatic N) is 2. The van der Waals surface area contributed by atoms with E-state index in [0.717, 1.165) is 33.4 Å². The molecule has 0 spiro atoms. The Morgan fingerprint density at radius 3 is 2.75 bits per heavy atom. The molecule has 0 unspecified atom stereocenters. The third kappa shape index (κ3) is 3.14. The van der Waals surface area contributed by atoms with Gasteiger partial charge in [0.1, 0.15) is 11.3 Å². The van der Waals surface area contributed by atoms with Crippen LogP contribution in [0.25, 0.3) is 11.3 Å². The second-order valence-electron chi connectivity index (χ2n) is 6.95. The Hall–Kier alpha value is -3.19. The van der Waals surface area contributed by atoms with Crippen LogP contribution in [0.4, 0.5) is 5.69 Å². The molecule has 2 aromatic carbocycles. The first kappa shape index (κ1) is 18.2. The summed E-state index contributed by atoms with van der Waals surface area (Å²) in [5.41, 5.74) is 3.48. The lowest BCUT2D eigenvalue weighted by Gasteiger charge is -2.30. The van der Waals surface area contributed by atoms with Crippen molar-refractivity contribution in [2.45, 2.75) is 19.4 Å². The summed E-state index contributed by atoms with van der Waals surface area (Å²) in [5.74, 6) is 0.0147. The number of benzene rings is 2. The normalized spacial score (nSPS) is 14.6. The standard InChI is InChI=1S/C21H19N3O3S/c1-21(2)14-6-4-5-7-15(14)22-18(24-21)19-23-16(11-28-19)12-8-9-13(20(25)26)17(10-12)27-3/h4-11H,1-3H3,(H,22,24)(H,25,26). The number of aromatic nitrogens is 1. The summed E-state index contributed by atoms with van der Waals surface area (Å²) < 4.78 is 5.22. The fourth-order valence-electron chi connectivity index (χ4n) is 3.26. The Bertz CT molecular complexity index is 1100. The van der Waals surface area contributed by atoms with Gasteiger partial charge in [-0.15, -0.1) is 11.3 Å². The molecular weight excluding hydrogens is 374 g/mol. The number of aliphatic imine (C=N–C) groups is 1. The number of carbonyl (C=O) groups is 1. The van der Waals surface area contributed by atoms with E-state index in [-0.39, 0.29) is 11.1 Å². The van der Waals surface area contributed by atoms with Crippen molar-refractivity contribution in [1.82, 2.24) is 4.98 Å². The van der Waals surface area contributed by atoms with Crippen LogP contribution in [0.2, 0.25) is 0 Å². The first-order chi connectivity index (χ1) is 13.4. The predicted octanol–water partition coefficient (Wildman–Crippen LogP) is 4.62. The van der Waals surface area contributed by atoms with Crippen LogP contribution in [0.3, 0.4) is 0 Å². The van der Waals surface area contributed by atoms with Gasteiger partial charge in [-0.05, 0) is 32.0 Å². The highest BCUT2D eigenvalue weighted by Crippen LogP contribution is 2.36. The Labute approximate surface area is 166 Å². The zero-order chi connectivity index (χ0) is 19.9. The molecule has 1 aliphatic rings. The van der Waals surface area contributed by atoms with Gasteiger partial charge in [0, 0.05) is 22.2 Å². The van der Waals surface area contributed by atoms with Gasteiger partial charge in [-0.25, -0.2) is 9.78 Å². The number of carboxylic acid groups (broad SMARTS) is 1. The maximum absolute atomic E-state index is 11.3. The van der Waals surface area contributed by atoms with Gasteiger partial charge in [0.25, 0.3) is 0 Å². The Morgan fingerprint density at radius 1 is 1.21 bits per heavy atom. The highest BCUT2D eigenvalue weighted by atomic mass is 32.1. The maximum atomic E-state index is 11.3. The minimum atomic E-state index is -1.02. The third-order valence-electron chi connectivity index (χ3n) is 4.67. The van der Waals surface area contributed by atoms with Gasteiger partial charge in [-0.2, -0.15) is 0 Å². The molecule has 142 valence electrons. The molecule has 0 fully saturated rings. The van der Waals surface area contributed by atoms with Crippen molar-refractivity contribution in [3.05, 3.63) is 64.0 Å². The van der Waals surface area contributed by atoms with E-state index in [4.69, 9.17) is 14.7 Å². The van der Waals surface area contributed by atoms with E-state index in [2.05, 4.69) is 25.2 Å². The fourth-order valence-corrected chi connectivity index (χ4v) is 4.04. The number of carboxylic acids is 1. The first-order valence-corrected chi connectivity index (χ1v) is 9.61. The molecule has 1 aliphatic heterocycles. The number of hydrogen-bond donors (Lipinski definition) is 2. The molecule has 0 saturated heterocycles. The highest BCUT2D eigenvalue weighted by molar-refractivity contribution is 7.12. The largest absolute Gasteiger partial charge is 0.496 e. The molecule has 0 bridgehead atoms. The minimum Gasteiger partial charge on any atom is -0.496 e. The van der Waals surface area contributed by atoms with Crippen LogP contribution < -0.4 is 10.1 Å². The Kier molecular flexibility index (Phi) is 4.39. The number of amidine groups is 1. The Balaban J connectivity index is 1.69. The number of ether oxygens (including phenoxy) is 1. The van der Waals surface area contributed by atoms with Gasteiger partial charge in [0.2, 0.25) is 0 Å². The second-order valence-corrected chi connectivity index (χ2v) is 7.81. The summed E-state index contributed by atoms with van der Waals surface area (Å²) in [7, 11) is 1.46. The Morgan fingerprint density at radius 2 is 2.00 bits per heavy atom. The number of rotatable bonds is 4. The van der Waals surface area contributed by atoms with Crippen molar-refractivity contribution in [2.75, 3.05) is 12.4 Å². The van der Waals surface area contributed by atoms with Crippen molar-refractivity contribution in [3.63, 3.8) is 0 Å². The van der Waals surface area contributed by atoms with E-state index in [9.17, 15) is 9.90 Å². The van der Waals surface area contributed by atoms with Crippen LogP contribution in [0.15, 0.2) is 52.8 Å². The van der Waals surface area contributed by atoms with Crippen LogP contribution in [-0.4, -0.2) is 29.0 Å². The van der Waals surface area contributed by atoms with E-state index in [1.807, 2.05) is 23.6 Å². The topological polar surface area (TPSA) is 83.8 Å². The minimum absolute atomic E-state index is 0.124. The van der Waals surface area contributed by atoms with Crippen molar-refractivity contribution in [3.8, 4) is 17.0 Å². The van der Waals surface area contributed by atoms with Crippen molar-refractivity contribution < 1.29 is 14.6 Å². The summed E-state index contributed by atoms with van der Waals surface area (Å²) in [6.07, 6.45) is 0. The molecule has 0 atom stereocenters. The number of anilines is 1. The van der Waals surface area contributed by atoms with Crippen molar-refractivity contribution >= 4 is 28.8 Å².